The number of nitriles is 1. The number of nitrogens with zero attached hydrogens (tertiary/aromatic N) is 2. The number of ether oxygens (including phenoxy) is 1. The SMILES string of the molecule is N#Cc1ccc(OC2CCC3(CC2)CC3NC(=O)CCSc2nc3ccccc3c(=O)[nH]2)cc1Cl. The molecule has 0 bridgehead atoms. The molecule has 1 spiro atoms. The molecule has 35 heavy (non-hydrogen) atoms. The van der Waals surface area contributed by atoms with Gasteiger partial charge in [0.25, 0.3) is 5.56 Å². The van der Waals surface area contributed by atoms with Gasteiger partial charge in [0.15, 0.2) is 5.16 Å². The second kappa shape index (κ2) is 9.92. The molecule has 2 aliphatic rings. The third-order valence-corrected chi connectivity index (χ3v) is 8.16. The number of rotatable bonds is 7. The number of nitrogens with one attached hydrogen (secondary N) is 2. The van der Waals surface area contributed by atoms with Gasteiger partial charge in [0.1, 0.15) is 11.8 Å². The first-order valence-electron chi connectivity index (χ1n) is 11.7. The van der Waals surface area contributed by atoms with Gasteiger partial charge in [-0.25, -0.2) is 4.98 Å². The third-order valence-electron chi connectivity index (χ3n) is 6.98. The van der Waals surface area contributed by atoms with Crippen molar-refractivity contribution in [2.24, 2.45) is 5.41 Å². The number of aromatic nitrogens is 2. The number of aromatic amines is 1. The van der Waals surface area contributed by atoms with Gasteiger partial charge in [-0.05, 0) is 61.8 Å². The molecule has 1 unspecified atom stereocenters. The summed E-state index contributed by atoms with van der Waals surface area (Å²) in [6, 6.07) is 14.7. The average molecular weight is 509 g/mol. The number of carbonyl (C=O) groups excluding carboxylic acids is 1. The number of carbonyl (C=O) groups is 1. The molecule has 9 heteroatoms. The van der Waals surface area contributed by atoms with Crippen molar-refractivity contribution < 1.29 is 9.53 Å². The Morgan fingerprint density at radius 3 is 2.86 bits per heavy atom. The van der Waals surface area contributed by atoms with Crippen LogP contribution in [0.15, 0.2) is 52.4 Å². The summed E-state index contributed by atoms with van der Waals surface area (Å²) in [4.78, 5) is 31.9. The Kier molecular flexibility index (Phi) is 6.72. The minimum Gasteiger partial charge on any atom is -0.490 e. The maximum absolute atomic E-state index is 12.5. The van der Waals surface area contributed by atoms with Crippen LogP contribution in [0.2, 0.25) is 5.02 Å². The number of fused-ring (bicyclic) bond motifs is 1. The van der Waals surface area contributed by atoms with E-state index in [1.54, 1.807) is 24.3 Å². The highest BCUT2D eigenvalue weighted by Crippen LogP contribution is 2.56. The van der Waals surface area contributed by atoms with Crippen LogP contribution in [0.4, 0.5) is 0 Å². The molecule has 5 rings (SSSR count). The van der Waals surface area contributed by atoms with E-state index in [2.05, 4.69) is 21.4 Å². The van der Waals surface area contributed by atoms with Crippen molar-refractivity contribution in [1.29, 1.82) is 5.26 Å². The van der Waals surface area contributed by atoms with Crippen LogP contribution < -0.4 is 15.6 Å². The van der Waals surface area contributed by atoms with Crippen molar-refractivity contribution in [1.82, 2.24) is 15.3 Å². The molecule has 2 aromatic carbocycles. The van der Waals surface area contributed by atoms with E-state index in [0.717, 1.165) is 32.1 Å². The number of benzene rings is 2. The molecule has 0 saturated heterocycles. The summed E-state index contributed by atoms with van der Waals surface area (Å²) in [6.45, 7) is 0. The molecular formula is C26H25ClN4O3S. The minimum atomic E-state index is -0.163. The monoisotopic (exact) mass is 508 g/mol. The van der Waals surface area contributed by atoms with Crippen molar-refractivity contribution in [3.63, 3.8) is 0 Å². The lowest BCUT2D eigenvalue weighted by Crippen LogP contribution is -2.33. The first-order chi connectivity index (χ1) is 17.0. The molecule has 1 atom stereocenters. The predicted octanol–water partition coefficient (Wildman–Crippen LogP) is 4.83. The molecular weight excluding hydrogens is 484 g/mol. The highest BCUT2D eigenvalue weighted by atomic mass is 35.5. The van der Waals surface area contributed by atoms with Crippen molar-refractivity contribution in [3.05, 3.63) is 63.4 Å². The number of H-pyrrole nitrogens is 1. The van der Waals surface area contributed by atoms with Crippen molar-refractivity contribution in [3.8, 4) is 11.8 Å². The van der Waals surface area contributed by atoms with Crippen LogP contribution in [0.25, 0.3) is 10.9 Å². The van der Waals surface area contributed by atoms with Crippen LogP contribution in [0, 0.1) is 16.7 Å². The van der Waals surface area contributed by atoms with E-state index in [-0.39, 0.29) is 29.0 Å². The molecule has 1 heterocycles. The van der Waals surface area contributed by atoms with Gasteiger partial charge in [0.05, 0.1) is 27.6 Å². The summed E-state index contributed by atoms with van der Waals surface area (Å²) in [5.74, 6) is 1.28. The van der Waals surface area contributed by atoms with Crippen molar-refractivity contribution in [2.45, 2.75) is 55.8 Å². The predicted molar refractivity (Wildman–Crippen MR) is 136 cm³/mol. The lowest BCUT2D eigenvalue weighted by atomic mass is 9.84. The molecule has 2 N–H and O–H groups in total. The Balaban J connectivity index is 1.05. The molecule has 0 radical (unpaired) electrons. The fourth-order valence-electron chi connectivity index (χ4n) is 4.88. The van der Waals surface area contributed by atoms with Crippen LogP contribution in [0.1, 0.15) is 44.1 Å². The van der Waals surface area contributed by atoms with Gasteiger partial charge in [-0.2, -0.15) is 5.26 Å². The Labute approximate surface area is 212 Å². The topological polar surface area (TPSA) is 108 Å². The lowest BCUT2D eigenvalue weighted by Gasteiger charge is -2.30. The number of para-hydroxylation sites is 1. The Morgan fingerprint density at radius 2 is 2.09 bits per heavy atom. The maximum atomic E-state index is 12.5. The summed E-state index contributed by atoms with van der Waals surface area (Å²) in [5.41, 5.74) is 1.13. The first-order valence-corrected chi connectivity index (χ1v) is 13.1. The van der Waals surface area contributed by atoms with E-state index < -0.39 is 0 Å². The summed E-state index contributed by atoms with van der Waals surface area (Å²) in [6.07, 6.45) is 5.41. The molecule has 2 fully saturated rings. The van der Waals surface area contributed by atoms with Crippen LogP contribution >= 0.6 is 23.4 Å². The van der Waals surface area contributed by atoms with E-state index in [1.165, 1.54) is 11.8 Å². The van der Waals surface area contributed by atoms with Crippen LogP contribution in [-0.4, -0.2) is 33.8 Å². The van der Waals surface area contributed by atoms with Crippen LogP contribution in [0.3, 0.4) is 0 Å². The molecule has 7 nitrogen and oxygen atoms in total. The maximum Gasteiger partial charge on any atom is 0.259 e. The molecule has 1 amide bonds. The first kappa shape index (κ1) is 23.7. The molecule has 3 aromatic rings. The van der Waals surface area contributed by atoms with Crippen molar-refractivity contribution >= 4 is 40.2 Å². The zero-order valence-electron chi connectivity index (χ0n) is 19.1. The van der Waals surface area contributed by atoms with E-state index >= 15 is 0 Å². The third kappa shape index (κ3) is 5.31. The summed E-state index contributed by atoms with van der Waals surface area (Å²) in [5, 5.41) is 13.7. The Hall–Kier alpha value is -3.02. The molecule has 180 valence electrons. The zero-order valence-corrected chi connectivity index (χ0v) is 20.6. The number of thioether (sulfide) groups is 1. The Morgan fingerprint density at radius 1 is 1.29 bits per heavy atom. The van der Waals surface area contributed by atoms with Gasteiger partial charge < -0.3 is 15.0 Å². The molecule has 0 aliphatic heterocycles. The van der Waals surface area contributed by atoms with E-state index in [1.807, 2.05) is 18.2 Å². The summed E-state index contributed by atoms with van der Waals surface area (Å²) in [7, 11) is 0. The fraction of sp³-hybridized carbons (Fsp3) is 0.385. The van der Waals surface area contributed by atoms with E-state index in [4.69, 9.17) is 21.6 Å². The van der Waals surface area contributed by atoms with E-state index in [9.17, 15) is 9.59 Å². The van der Waals surface area contributed by atoms with Crippen molar-refractivity contribution in [2.75, 3.05) is 5.75 Å². The van der Waals surface area contributed by atoms with Gasteiger partial charge in [-0.15, -0.1) is 0 Å². The Bertz CT molecular complexity index is 1360. The lowest BCUT2D eigenvalue weighted by molar-refractivity contribution is -0.121. The quantitative estimate of drug-likeness (QED) is 0.349. The summed E-state index contributed by atoms with van der Waals surface area (Å²) < 4.78 is 6.09. The molecule has 2 saturated carbocycles. The van der Waals surface area contributed by atoms with Gasteiger partial charge in [0, 0.05) is 24.3 Å². The average Bonchev–Trinajstić information content (AvgIpc) is 3.51. The zero-order chi connectivity index (χ0) is 24.4. The largest absolute Gasteiger partial charge is 0.490 e. The fourth-order valence-corrected chi connectivity index (χ4v) is 5.90. The number of amides is 1. The second-order valence-electron chi connectivity index (χ2n) is 9.24. The van der Waals surface area contributed by atoms with Gasteiger partial charge in [-0.3, -0.25) is 9.59 Å². The van der Waals surface area contributed by atoms with Gasteiger partial charge >= 0.3 is 0 Å². The normalized spacial score (nSPS) is 23.1. The second-order valence-corrected chi connectivity index (χ2v) is 10.7. The number of hydrogen-bond acceptors (Lipinski definition) is 6. The van der Waals surface area contributed by atoms with Crippen LogP contribution in [0.5, 0.6) is 5.75 Å². The van der Waals surface area contributed by atoms with Gasteiger partial charge in [0.2, 0.25) is 5.91 Å². The standard InChI is InChI=1S/C26H25ClN4O3S/c27-20-13-18(6-5-16(20)15-28)34-17-7-10-26(11-8-17)14-22(26)30-23(32)9-12-35-25-29-21-4-2-1-3-19(21)24(33)31-25/h1-6,13,17,22H,7-12,14H2,(H,30,32)(H,29,31,33). The highest BCUT2D eigenvalue weighted by molar-refractivity contribution is 7.99. The minimum absolute atomic E-state index is 0.0353. The van der Waals surface area contributed by atoms with E-state index in [0.29, 0.717) is 44.6 Å². The highest BCUT2D eigenvalue weighted by Gasteiger charge is 2.55. The summed E-state index contributed by atoms with van der Waals surface area (Å²) >= 11 is 7.49. The molecule has 1 aromatic heterocycles. The molecule has 2 aliphatic carbocycles. The number of halogens is 1. The smallest absolute Gasteiger partial charge is 0.259 e. The number of hydrogen-bond donors (Lipinski definition) is 2. The van der Waals surface area contributed by atoms with Gasteiger partial charge in [-0.1, -0.05) is 35.5 Å². The van der Waals surface area contributed by atoms with Crippen LogP contribution in [-0.2, 0) is 4.79 Å².